The number of carbonyl (C=O) groups is 1. The van der Waals surface area contributed by atoms with Gasteiger partial charge in [0.05, 0.1) is 26.5 Å². The number of methoxy groups -OCH3 is 1. The summed E-state index contributed by atoms with van der Waals surface area (Å²) in [5.74, 6) is 0.660. The number of pyridine rings is 1. The zero-order valence-corrected chi connectivity index (χ0v) is 15.9. The highest BCUT2D eigenvalue weighted by Gasteiger charge is 2.17. The standard InChI is InChI=1S/C19H29N3O5/c1-25-18-13-22(14-19(24)20-11-15-2-6-26-7-3-15)16(10-17(18)23)12-21-4-8-27-9-5-21/h10,13,15H,2-9,11-12,14H2,1H3,(H,20,24). The monoisotopic (exact) mass is 379 g/mol. The van der Waals surface area contributed by atoms with Gasteiger partial charge in [-0.2, -0.15) is 0 Å². The molecular weight excluding hydrogens is 350 g/mol. The minimum atomic E-state index is -0.167. The number of aromatic nitrogens is 1. The highest BCUT2D eigenvalue weighted by Crippen LogP contribution is 2.14. The van der Waals surface area contributed by atoms with Gasteiger partial charge in [0.2, 0.25) is 11.3 Å². The Morgan fingerprint density at radius 2 is 1.93 bits per heavy atom. The smallest absolute Gasteiger partial charge is 0.239 e. The SMILES string of the molecule is COc1cn(CC(=O)NCC2CCOCC2)c(CN2CCOCC2)cc1=O. The van der Waals surface area contributed by atoms with Crippen molar-refractivity contribution in [3.05, 3.63) is 28.2 Å². The maximum Gasteiger partial charge on any atom is 0.239 e. The molecule has 0 saturated carbocycles. The van der Waals surface area contributed by atoms with Crippen LogP contribution in [0, 0.1) is 5.92 Å². The first-order valence-electron chi connectivity index (χ1n) is 9.57. The van der Waals surface area contributed by atoms with Gasteiger partial charge in [0.15, 0.2) is 5.75 Å². The third-order valence-electron chi connectivity index (χ3n) is 5.13. The van der Waals surface area contributed by atoms with E-state index in [0.717, 1.165) is 44.8 Å². The molecule has 2 saturated heterocycles. The zero-order chi connectivity index (χ0) is 19.1. The molecule has 3 heterocycles. The Hall–Kier alpha value is -1.90. The number of hydrogen-bond acceptors (Lipinski definition) is 6. The van der Waals surface area contributed by atoms with Crippen LogP contribution >= 0.6 is 0 Å². The van der Waals surface area contributed by atoms with Crippen LogP contribution in [0.5, 0.6) is 5.75 Å². The average molecular weight is 379 g/mol. The molecule has 1 N–H and O–H groups in total. The van der Waals surface area contributed by atoms with E-state index in [9.17, 15) is 9.59 Å². The van der Waals surface area contributed by atoms with Crippen LogP contribution in [0.15, 0.2) is 17.1 Å². The Labute approximate surface area is 159 Å². The summed E-state index contributed by atoms with van der Waals surface area (Å²) in [6.07, 6.45) is 3.59. The van der Waals surface area contributed by atoms with Crippen LogP contribution in [0.3, 0.4) is 0 Å². The topological polar surface area (TPSA) is 82.0 Å². The second kappa shape index (κ2) is 9.87. The van der Waals surface area contributed by atoms with E-state index < -0.39 is 0 Å². The predicted octanol–water partition coefficient (Wildman–Crippen LogP) is 0.232. The van der Waals surface area contributed by atoms with Crippen molar-refractivity contribution in [2.24, 2.45) is 5.92 Å². The Bertz CT molecular complexity index is 678. The van der Waals surface area contributed by atoms with Crippen LogP contribution in [0.25, 0.3) is 0 Å². The molecule has 1 amide bonds. The van der Waals surface area contributed by atoms with Gasteiger partial charge in [-0.3, -0.25) is 14.5 Å². The van der Waals surface area contributed by atoms with Gasteiger partial charge in [-0.25, -0.2) is 0 Å². The van der Waals surface area contributed by atoms with Crippen LogP contribution in [-0.4, -0.2) is 68.5 Å². The van der Waals surface area contributed by atoms with Crippen molar-refractivity contribution < 1.29 is 19.0 Å². The average Bonchev–Trinajstić information content (AvgIpc) is 2.70. The van der Waals surface area contributed by atoms with Crippen LogP contribution in [0.2, 0.25) is 0 Å². The number of nitrogens with zero attached hydrogens (tertiary/aromatic N) is 2. The van der Waals surface area contributed by atoms with Crippen LogP contribution < -0.4 is 15.5 Å². The molecule has 0 aliphatic carbocycles. The number of carbonyl (C=O) groups excluding carboxylic acids is 1. The van der Waals surface area contributed by atoms with Gasteiger partial charge in [0, 0.05) is 51.2 Å². The molecular formula is C19H29N3O5. The van der Waals surface area contributed by atoms with Gasteiger partial charge in [-0.15, -0.1) is 0 Å². The molecule has 2 aliphatic rings. The maximum absolute atomic E-state index is 12.5. The van der Waals surface area contributed by atoms with E-state index in [2.05, 4.69) is 10.2 Å². The second-order valence-corrected chi connectivity index (χ2v) is 7.07. The van der Waals surface area contributed by atoms with Gasteiger partial charge < -0.3 is 24.1 Å². The van der Waals surface area contributed by atoms with Crippen molar-refractivity contribution >= 4 is 5.91 Å². The van der Waals surface area contributed by atoms with Crippen molar-refractivity contribution in [1.29, 1.82) is 0 Å². The molecule has 0 spiro atoms. The fraction of sp³-hybridized carbons (Fsp3) is 0.684. The molecule has 150 valence electrons. The summed E-state index contributed by atoms with van der Waals surface area (Å²) in [5, 5.41) is 3.02. The summed E-state index contributed by atoms with van der Waals surface area (Å²) in [6.45, 7) is 5.97. The zero-order valence-electron chi connectivity index (χ0n) is 15.9. The molecule has 1 aromatic rings. The number of morpholine rings is 1. The van der Waals surface area contributed by atoms with Crippen molar-refractivity contribution in [3.8, 4) is 5.75 Å². The van der Waals surface area contributed by atoms with Crippen molar-refractivity contribution in [3.63, 3.8) is 0 Å². The first-order chi connectivity index (χ1) is 13.2. The Morgan fingerprint density at radius 3 is 2.63 bits per heavy atom. The normalized spacial score (nSPS) is 19.0. The van der Waals surface area contributed by atoms with E-state index in [1.807, 2.05) is 4.57 Å². The van der Waals surface area contributed by atoms with Gasteiger partial charge in [-0.05, 0) is 18.8 Å². The number of amides is 1. The van der Waals surface area contributed by atoms with Gasteiger partial charge >= 0.3 is 0 Å². The summed E-state index contributed by atoms with van der Waals surface area (Å²) in [6, 6.07) is 1.57. The third kappa shape index (κ3) is 5.79. The van der Waals surface area contributed by atoms with E-state index in [-0.39, 0.29) is 23.6 Å². The van der Waals surface area contributed by atoms with Gasteiger partial charge in [-0.1, -0.05) is 0 Å². The highest BCUT2D eigenvalue weighted by atomic mass is 16.5. The largest absolute Gasteiger partial charge is 0.491 e. The molecule has 27 heavy (non-hydrogen) atoms. The van der Waals surface area contributed by atoms with Crippen molar-refractivity contribution in [1.82, 2.24) is 14.8 Å². The first-order valence-corrected chi connectivity index (χ1v) is 9.57. The lowest BCUT2D eigenvalue weighted by Gasteiger charge is -2.28. The van der Waals surface area contributed by atoms with Gasteiger partial charge in [0.25, 0.3) is 0 Å². The molecule has 1 aromatic heterocycles. The number of rotatable bonds is 7. The van der Waals surface area contributed by atoms with Crippen LogP contribution in [0.4, 0.5) is 0 Å². The summed E-state index contributed by atoms with van der Waals surface area (Å²) >= 11 is 0. The third-order valence-corrected chi connectivity index (χ3v) is 5.13. The quantitative estimate of drug-likeness (QED) is 0.731. The predicted molar refractivity (Wildman–Crippen MR) is 99.9 cm³/mol. The summed E-state index contributed by atoms with van der Waals surface area (Å²) in [7, 11) is 1.47. The van der Waals surface area contributed by atoms with E-state index in [1.165, 1.54) is 7.11 Å². The minimum Gasteiger partial charge on any atom is -0.491 e. The highest BCUT2D eigenvalue weighted by molar-refractivity contribution is 5.75. The number of hydrogen-bond donors (Lipinski definition) is 1. The maximum atomic E-state index is 12.5. The summed E-state index contributed by atoms with van der Waals surface area (Å²) in [4.78, 5) is 26.9. The molecule has 2 aliphatic heterocycles. The van der Waals surface area contributed by atoms with Gasteiger partial charge in [0.1, 0.15) is 6.54 Å². The summed E-state index contributed by atoms with van der Waals surface area (Å²) < 4.78 is 17.7. The first kappa shape index (κ1) is 19.9. The molecule has 0 radical (unpaired) electrons. The van der Waals surface area contributed by atoms with E-state index in [0.29, 0.717) is 32.2 Å². The molecule has 0 aromatic carbocycles. The van der Waals surface area contributed by atoms with E-state index in [1.54, 1.807) is 12.3 Å². The number of ether oxygens (including phenoxy) is 3. The molecule has 0 unspecified atom stereocenters. The molecule has 0 bridgehead atoms. The summed E-state index contributed by atoms with van der Waals surface area (Å²) in [5.41, 5.74) is 0.642. The second-order valence-electron chi connectivity index (χ2n) is 7.07. The molecule has 0 atom stereocenters. The number of nitrogens with one attached hydrogen (secondary N) is 1. The van der Waals surface area contributed by atoms with Crippen molar-refractivity contribution in [2.75, 3.05) is 53.2 Å². The van der Waals surface area contributed by atoms with E-state index in [4.69, 9.17) is 14.2 Å². The van der Waals surface area contributed by atoms with Crippen LogP contribution in [-0.2, 0) is 27.4 Å². The fourth-order valence-electron chi connectivity index (χ4n) is 3.44. The fourth-order valence-corrected chi connectivity index (χ4v) is 3.44. The Morgan fingerprint density at radius 1 is 1.22 bits per heavy atom. The van der Waals surface area contributed by atoms with Crippen molar-refractivity contribution in [2.45, 2.75) is 25.9 Å². The molecule has 8 heteroatoms. The van der Waals surface area contributed by atoms with E-state index >= 15 is 0 Å². The minimum absolute atomic E-state index is 0.0598. The lowest BCUT2D eigenvalue weighted by atomic mass is 10.0. The lowest BCUT2D eigenvalue weighted by molar-refractivity contribution is -0.122. The Balaban J connectivity index is 1.65. The molecule has 8 nitrogen and oxygen atoms in total. The molecule has 3 rings (SSSR count). The molecule has 2 fully saturated rings. The lowest BCUT2D eigenvalue weighted by Crippen LogP contribution is -2.38. The Kier molecular flexibility index (Phi) is 7.25. The van der Waals surface area contributed by atoms with Crippen LogP contribution in [0.1, 0.15) is 18.5 Å².